The van der Waals surface area contributed by atoms with Crippen molar-refractivity contribution in [2.75, 3.05) is 56.1 Å². The van der Waals surface area contributed by atoms with Crippen LogP contribution in [0.5, 0.6) is 0 Å². The fraction of sp³-hybridized carbons (Fsp3) is 0.474. The molecule has 2 aromatic rings. The minimum atomic E-state index is 0.971. The van der Waals surface area contributed by atoms with Crippen LogP contribution >= 0.6 is 0 Å². The molecule has 0 radical (unpaired) electrons. The standard InChI is InChI=1S/C19H27N5/c1-16-15-20-17(2)19(21-16)22(3)9-10-23-11-13-24(14-12-23)18-7-5-4-6-8-18/h4-8,15H,9-14H2,1-3H3. The van der Waals surface area contributed by atoms with Crippen molar-refractivity contribution in [1.82, 2.24) is 14.9 Å². The first-order valence-electron chi connectivity index (χ1n) is 8.67. The molecule has 0 amide bonds. The molecule has 5 nitrogen and oxygen atoms in total. The number of anilines is 2. The molecule has 2 heterocycles. The molecule has 1 aromatic carbocycles. The predicted molar refractivity (Wildman–Crippen MR) is 99.9 cm³/mol. The van der Waals surface area contributed by atoms with Gasteiger partial charge in [-0.3, -0.25) is 9.88 Å². The van der Waals surface area contributed by atoms with E-state index in [2.05, 4.69) is 62.0 Å². The number of hydrogen-bond donors (Lipinski definition) is 0. The van der Waals surface area contributed by atoms with Gasteiger partial charge in [0.2, 0.25) is 0 Å². The van der Waals surface area contributed by atoms with Gasteiger partial charge in [0, 0.05) is 58.2 Å². The Labute approximate surface area is 144 Å². The predicted octanol–water partition coefficient (Wildman–Crippen LogP) is 2.35. The Balaban J connectivity index is 1.49. The van der Waals surface area contributed by atoms with Crippen LogP contribution in [0.15, 0.2) is 36.5 Å². The van der Waals surface area contributed by atoms with Gasteiger partial charge in [0.1, 0.15) is 5.82 Å². The molecule has 0 saturated carbocycles. The Morgan fingerprint density at radius 1 is 1.04 bits per heavy atom. The maximum atomic E-state index is 4.62. The molecule has 0 bridgehead atoms. The lowest BCUT2D eigenvalue weighted by molar-refractivity contribution is 0.263. The third-order valence-electron chi connectivity index (χ3n) is 4.66. The highest BCUT2D eigenvalue weighted by Crippen LogP contribution is 2.16. The molecule has 1 aromatic heterocycles. The highest BCUT2D eigenvalue weighted by molar-refractivity contribution is 5.46. The molecule has 0 aliphatic carbocycles. The van der Waals surface area contributed by atoms with E-state index in [-0.39, 0.29) is 0 Å². The summed E-state index contributed by atoms with van der Waals surface area (Å²) in [4.78, 5) is 16.3. The number of aryl methyl sites for hydroxylation is 2. The Morgan fingerprint density at radius 2 is 1.75 bits per heavy atom. The van der Waals surface area contributed by atoms with Crippen molar-refractivity contribution in [2.45, 2.75) is 13.8 Å². The van der Waals surface area contributed by atoms with Crippen LogP contribution in [-0.4, -0.2) is 61.2 Å². The average molecular weight is 325 g/mol. The molecule has 128 valence electrons. The van der Waals surface area contributed by atoms with Crippen LogP contribution in [0, 0.1) is 13.8 Å². The smallest absolute Gasteiger partial charge is 0.150 e. The van der Waals surface area contributed by atoms with Gasteiger partial charge < -0.3 is 9.80 Å². The number of aromatic nitrogens is 2. The van der Waals surface area contributed by atoms with Crippen LogP contribution < -0.4 is 9.80 Å². The van der Waals surface area contributed by atoms with E-state index in [1.165, 1.54) is 5.69 Å². The molecule has 3 rings (SSSR count). The number of piperazine rings is 1. The lowest BCUT2D eigenvalue weighted by Crippen LogP contribution is -2.48. The van der Waals surface area contributed by atoms with Crippen molar-refractivity contribution in [3.63, 3.8) is 0 Å². The maximum Gasteiger partial charge on any atom is 0.150 e. The fourth-order valence-electron chi connectivity index (χ4n) is 3.15. The average Bonchev–Trinajstić information content (AvgIpc) is 2.63. The summed E-state index contributed by atoms with van der Waals surface area (Å²) in [5.74, 6) is 0.998. The van der Waals surface area contributed by atoms with Crippen LogP contribution in [0.2, 0.25) is 0 Å². The summed E-state index contributed by atoms with van der Waals surface area (Å²) in [6.07, 6.45) is 1.83. The van der Waals surface area contributed by atoms with Crippen molar-refractivity contribution in [1.29, 1.82) is 0 Å². The van der Waals surface area contributed by atoms with Crippen LogP contribution in [0.3, 0.4) is 0 Å². The molecule has 1 aliphatic rings. The Hall–Kier alpha value is -2.14. The van der Waals surface area contributed by atoms with Gasteiger partial charge in [0.25, 0.3) is 0 Å². The molecule has 1 saturated heterocycles. The normalized spacial score (nSPS) is 15.5. The summed E-state index contributed by atoms with van der Waals surface area (Å²) in [7, 11) is 2.11. The molecule has 0 atom stereocenters. The summed E-state index contributed by atoms with van der Waals surface area (Å²) >= 11 is 0. The van der Waals surface area contributed by atoms with Gasteiger partial charge in [-0.05, 0) is 26.0 Å². The zero-order valence-electron chi connectivity index (χ0n) is 14.9. The van der Waals surface area contributed by atoms with Crippen molar-refractivity contribution >= 4 is 11.5 Å². The van der Waals surface area contributed by atoms with E-state index in [4.69, 9.17) is 0 Å². The molecule has 0 unspecified atom stereocenters. The Bertz CT molecular complexity index is 650. The van der Waals surface area contributed by atoms with Gasteiger partial charge in [0.15, 0.2) is 0 Å². The minimum absolute atomic E-state index is 0.971. The number of likely N-dealkylation sites (N-methyl/N-ethyl adjacent to an activating group) is 1. The number of nitrogens with zero attached hydrogens (tertiary/aromatic N) is 5. The first-order chi connectivity index (χ1) is 11.6. The topological polar surface area (TPSA) is 35.5 Å². The Morgan fingerprint density at radius 3 is 2.46 bits per heavy atom. The summed E-state index contributed by atoms with van der Waals surface area (Å²) in [5.41, 5.74) is 3.30. The number of rotatable bonds is 5. The second-order valence-corrected chi connectivity index (χ2v) is 6.51. The van der Waals surface area contributed by atoms with Crippen molar-refractivity contribution < 1.29 is 0 Å². The molecule has 5 heteroatoms. The first-order valence-corrected chi connectivity index (χ1v) is 8.67. The van der Waals surface area contributed by atoms with Crippen molar-refractivity contribution in [3.05, 3.63) is 47.9 Å². The van der Waals surface area contributed by atoms with Gasteiger partial charge in [0.05, 0.1) is 11.4 Å². The summed E-state index contributed by atoms with van der Waals surface area (Å²) in [5, 5.41) is 0. The highest BCUT2D eigenvalue weighted by atomic mass is 15.3. The number of para-hydroxylation sites is 1. The quantitative estimate of drug-likeness (QED) is 0.843. The summed E-state index contributed by atoms with van der Waals surface area (Å²) in [6, 6.07) is 10.7. The van der Waals surface area contributed by atoms with Gasteiger partial charge in [-0.1, -0.05) is 18.2 Å². The van der Waals surface area contributed by atoms with E-state index in [1.54, 1.807) is 0 Å². The lowest BCUT2D eigenvalue weighted by atomic mass is 10.2. The van der Waals surface area contributed by atoms with Crippen LogP contribution in [0.1, 0.15) is 11.4 Å². The zero-order chi connectivity index (χ0) is 16.9. The second kappa shape index (κ2) is 7.62. The lowest BCUT2D eigenvalue weighted by Gasteiger charge is -2.36. The van der Waals surface area contributed by atoms with Crippen molar-refractivity contribution in [3.8, 4) is 0 Å². The van der Waals surface area contributed by atoms with E-state index in [9.17, 15) is 0 Å². The third-order valence-corrected chi connectivity index (χ3v) is 4.66. The van der Waals surface area contributed by atoms with E-state index < -0.39 is 0 Å². The summed E-state index contributed by atoms with van der Waals surface area (Å²) < 4.78 is 0. The van der Waals surface area contributed by atoms with Crippen LogP contribution in [0.25, 0.3) is 0 Å². The molecule has 1 aliphatic heterocycles. The number of hydrogen-bond acceptors (Lipinski definition) is 5. The Kier molecular flexibility index (Phi) is 5.30. The molecule has 0 spiro atoms. The monoisotopic (exact) mass is 325 g/mol. The summed E-state index contributed by atoms with van der Waals surface area (Å²) in [6.45, 7) is 10.5. The van der Waals surface area contributed by atoms with E-state index in [0.29, 0.717) is 0 Å². The first kappa shape index (κ1) is 16.7. The van der Waals surface area contributed by atoms with Gasteiger partial charge in [-0.25, -0.2) is 4.98 Å². The zero-order valence-corrected chi connectivity index (χ0v) is 14.9. The fourth-order valence-corrected chi connectivity index (χ4v) is 3.15. The maximum absolute atomic E-state index is 4.62. The van der Waals surface area contributed by atoms with E-state index in [0.717, 1.165) is 56.5 Å². The van der Waals surface area contributed by atoms with Gasteiger partial charge in [-0.15, -0.1) is 0 Å². The largest absolute Gasteiger partial charge is 0.369 e. The molecule has 0 N–H and O–H groups in total. The third kappa shape index (κ3) is 4.03. The van der Waals surface area contributed by atoms with Gasteiger partial charge >= 0.3 is 0 Å². The molecule has 1 fully saturated rings. The second-order valence-electron chi connectivity index (χ2n) is 6.51. The van der Waals surface area contributed by atoms with Crippen molar-refractivity contribution in [2.24, 2.45) is 0 Å². The molecule has 24 heavy (non-hydrogen) atoms. The molecular formula is C19H27N5. The van der Waals surface area contributed by atoms with E-state index >= 15 is 0 Å². The van der Waals surface area contributed by atoms with Crippen LogP contribution in [-0.2, 0) is 0 Å². The minimum Gasteiger partial charge on any atom is -0.369 e. The molecular weight excluding hydrogens is 298 g/mol. The number of benzene rings is 1. The SMILES string of the molecule is Cc1cnc(C)c(N(C)CCN2CCN(c3ccccc3)CC2)n1. The highest BCUT2D eigenvalue weighted by Gasteiger charge is 2.17. The van der Waals surface area contributed by atoms with E-state index in [1.807, 2.05) is 20.0 Å². The van der Waals surface area contributed by atoms with Gasteiger partial charge in [-0.2, -0.15) is 0 Å². The van der Waals surface area contributed by atoms with Crippen LogP contribution in [0.4, 0.5) is 11.5 Å².